The fourth-order valence-corrected chi connectivity index (χ4v) is 3.93. The molecule has 1 heterocycles. The average Bonchev–Trinajstić information content (AvgIpc) is 2.79. The van der Waals surface area contributed by atoms with Crippen LogP contribution in [0, 0.1) is 18.4 Å². The lowest BCUT2D eigenvalue weighted by atomic mass is 9.68. The standard InChI is InChI=1S/C22H27N7O/c1-16-12-26-19(13-25-16)20(30)27-14-22(17-6-4-3-5-7-17)10-8-18(9-11-22)29-21(24-2)28-15-23/h3-7,12-13,18H,8-11,14H2,1-2H3,(H,27,30)(H2,24,28,29). The third-order valence-electron chi connectivity index (χ3n) is 5.67. The number of benzene rings is 1. The van der Waals surface area contributed by atoms with E-state index in [1.165, 1.54) is 11.8 Å². The first-order chi connectivity index (χ1) is 14.6. The summed E-state index contributed by atoms with van der Waals surface area (Å²) in [5.74, 6) is 0.276. The molecule has 0 radical (unpaired) electrons. The van der Waals surface area contributed by atoms with Crippen molar-refractivity contribution < 1.29 is 4.79 Å². The number of nitrogens with one attached hydrogen (secondary N) is 3. The van der Waals surface area contributed by atoms with Crippen molar-refractivity contribution in [2.24, 2.45) is 4.99 Å². The summed E-state index contributed by atoms with van der Waals surface area (Å²) in [5.41, 5.74) is 2.17. The number of aliphatic imine (C=N–C) groups is 1. The van der Waals surface area contributed by atoms with Gasteiger partial charge >= 0.3 is 0 Å². The summed E-state index contributed by atoms with van der Waals surface area (Å²) in [7, 11) is 1.65. The van der Waals surface area contributed by atoms with E-state index in [0.717, 1.165) is 31.4 Å². The van der Waals surface area contributed by atoms with Gasteiger partial charge in [-0.25, -0.2) is 4.98 Å². The van der Waals surface area contributed by atoms with Crippen molar-refractivity contribution >= 4 is 11.9 Å². The Morgan fingerprint density at radius 2 is 1.97 bits per heavy atom. The first-order valence-corrected chi connectivity index (χ1v) is 10.1. The number of rotatable bonds is 5. The Hall–Kier alpha value is -3.47. The predicted octanol–water partition coefficient (Wildman–Crippen LogP) is 2.04. The van der Waals surface area contributed by atoms with E-state index < -0.39 is 0 Å². The van der Waals surface area contributed by atoms with Crippen molar-refractivity contribution in [3.63, 3.8) is 0 Å². The van der Waals surface area contributed by atoms with E-state index in [0.29, 0.717) is 18.2 Å². The van der Waals surface area contributed by atoms with Crippen LogP contribution in [0.1, 0.15) is 47.4 Å². The van der Waals surface area contributed by atoms with Crippen LogP contribution in [0.2, 0.25) is 0 Å². The number of amides is 1. The number of aryl methyl sites for hydroxylation is 1. The Morgan fingerprint density at radius 3 is 2.57 bits per heavy atom. The lowest BCUT2D eigenvalue weighted by Crippen LogP contribution is -2.49. The van der Waals surface area contributed by atoms with Crippen molar-refractivity contribution in [1.82, 2.24) is 25.9 Å². The highest BCUT2D eigenvalue weighted by molar-refractivity contribution is 5.92. The molecule has 3 rings (SSSR count). The minimum absolute atomic E-state index is 0.153. The molecule has 2 aromatic rings. The first kappa shape index (κ1) is 21.2. The molecule has 1 aliphatic carbocycles. The van der Waals surface area contributed by atoms with Gasteiger partial charge in [-0.05, 0) is 38.2 Å². The zero-order valence-corrected chi connectivity index (χ0v) is 17.4. The Bertz CT molecular complexity index is 911. The maximum atomic E-state index is 12.6. The highest BCUT2D eigenvalue weighted by Gasteiger charge is 2.37. The molecule has 0 bridgehead atoms. The number of nitrogens with zero attached hydrogens (tertiary/aromatic N) is 4. The second-order valence-electron chi connectivity index (χ2n) is 7.60. The summed E-state index contributed by atoms with van der Waals surface area (Å²) in [6.07, 6.45) is 8.62. The maximum Gasteiger partial charge on any atom is 0.271 e. The van der Waals surface area contributed by atoms with Gasteiger partial charge in [0.15, 0.2) is 6.19 Å². The summed E-state index contributed by atoms with van der Waals surface area (Å²) in [6.45, 7) is 2.37. The van der Waals surface area contributed by atoms with Gasteiger partial charge in [0, 0.05) is 31.2 Å². The lowest BCUT2D eigenvalue weighted by molar-refractivity contribution is 0.0929. The topological polar surface area (TPSA) is 115 Å². The summed E-state index contributed by atoms with van der Waals surface area (Å²) in [5, 5.41) is 17.8. The summed E-state index contributed by atoms with van der Waals surface area (Å²) >= 11 is 0. The molecule has 156 valence electrons. The molecule has 1 aliphatic rings. The van der Waals surface area contributed by atoms with Crippen LogP contribution in [0.5, 0.6) is 0 Å². The number of guanidine groups is 1. The van der Waals surface area contributed by atoms with Gasteiger partial charge < -0.3 is 10.6 Å². The molecule has 0 saturated heterocycles. The summed E-state index contributed by atoms with van der Waals surface area (Å²) < 4.78 is 0. The van der Waals surface area contributed by atoms with Gasteiger partial charge in [-0.2, -0.15) is 5.26 Å². The van der Waals surface area contributed by atoms with Crippen molar-refractivity contribution in [1.29, 1.82) is 5.26 Å². The van der Waals surface area contributed by atoms with E-state index in [9.17, 15) is 4.79 Å². The van der Waals surface area contributed by atoms with Crippen LogP contribution >= 0.6 is 0 Å². The molecular weight excluding hydrogens is 378 g/mol. The van der Waals surface area contributed by atoms with Gasteiger partial charge in [-0.3, -0.25) is 20.1 Å². The average molecular weight is 406 g/mol. The number of aromatic nitrogens is 2. The minimum Gasteiger partial charge on any atom is -0.353 e. The number of nitriles is 1. The molecule has 8 heteroatoms. The van der Waals surface area contributed by atoms with E-state index in [-0.39, 0.29) is 17.4 Å². The van der Waals surface area contributed by atoms with Crippen LogP contribution in [-0.4, -0.2) is 41.5 Å². The van der Waals surface area contributed by atoms with Crippen LogP contribution in [-0.2, 0) is 5.41 Å². The van der Waals surface area contributed by atoms with Crippen LogP contribution in [0.15, 0.2) is 47.7 Å². The van der Waals surface area contributed by atoms with E-state index in [4.69, 9.17) is 5.26 Å². The smallest absolute Gasteiger partial charge is 0.271 e. The Labute approximate surface area is 176 Å². The van der Waals surface area contributed by atoms with E-state index >= 15 is 0 Å². The van der Waals surface area contributed by atoms with Gasteiger partial charge in [0.1, 0.15) is 5.69 Å². The number of carbonyl (C=O) groups excluding carboxylic acids is 1. The van der Waals surface area contributed by atoms with Gasteiger partial charge in [-0.15, -0.1) is 0 Å². The number of carbonyl (C=O) groups is 1. The van der Waals surface area contributed by atoms with Gasteiger partial charge in [0.2, 0.25) is 5.96 Å². The molecule has 1 fully saturated rings. The molecule has 0 unspecified atom stereocenters. The molecule has 0 spiro atoms. The molecule has 3 N–H and O–H groups in total. The molecule has 8 nitrogen and oxygen atoms in total. The van der Waals surface area contributed by atoms with Crippen LogP contribution in [0.4, 0.5) is 0 Å². The monoisotopic (exact) mass is 405 g/mol. The quantitative estimate of drug-likeness (QED) is 0.303. The van der Waals surface area contributed by atoms with Gasteiger partial charge in [0.25, 0.3) is 5.91 Å². The van der Waals surface area contributed by atoms with Crippen LogP contribution in [0.3, 0.4) is 0 Å². The van der Waals surface area contributed by atoms with E-state index in [1.54, 1.807) is 13.2 Å². The molecule has 1 saturated carbocycles. The molecule has 1 aromatic heterocycles. The van der Waals surface area contributed by atoms with E-state index in [1.807, 2.05) is 31.3 Å². The third kappa shape index (κ3) is 5.11. The zero-order chi connectivity index (χ0) is 21.4. The summed E-state index contributed by atoms with van der Waals surface area (Å²) in [4.78, 5) is 25.0. The molecular formula is C22H27N7O. The Morgan fingerprint density at radius 1 is 1.23 bits per heavy atom. The predicted molar refractivity (Wildman–Crippen MR) is 115 cm³/mol. The summed E-state index contributed by atoms with van der Waals surface area (Å²) in [6, 6.07) is 10.5. The molecule has 0 atom stereocenters. The Kier molecular flexibility index (Phi) is 6.96. The Balaban J connectivity index is 1.70. The fraction of sp³-hybridized carbons (Fsp3) is 0.409. The highest BCUT2D eigenvalue weighted by atomic mass is 16.1. The third-order valence-corrected chi connectivity index (χ3v) is 5.67. The van der Waals surface area contributed by atoms with E-state index in [2.05, 4.69) is 43.0 Å². The minimum atomic E-state index is -0.211. The van der Waals surface area contributed by atoms with Gasteiger partial charge in [0.05, 0.1) is 11.9 Å². The lowest BCUT2D eigenvalue weighted by Gasteiger charge is -2.41. The van der Waals surface area contributed by atoms with Crippen molar-refractivity contribution in [3.05, 3.63) is 59.7 Å². The van der Waals surface area contributed by atoms with Crippen molar-refractivity contribution in [3.8, 4) is 6.19 Å². The highest BCUT2D eigenvalue weighted by Crippen LogP contribution is 2.39. The van der Waals surface area contributed by atoms with Crippen LogP contribution < -0.4 is 16.0 Å². The fourth-order valence-electron chi connectivity index (χ4n) is 3.93. The van der Waals surface area contributed by atoms with Gasteiger partial charge in [-0.1, -0.05) is 30.3 Å². The maximum absolute atomic E-state index is 12.6. The molecule has 0 aliphatic heterocycles. The first-order valence-electron chi connectivity index (χ1n) is 10.1. The zero-order valence-electron chi connectivity index (χ0n) is 17.4. The SMILES string of the molecule is CN=C(NC#N)NC1CCC(CNC(=O)c2cnc(C)cn2)(c2ccccc2)CC1. The number of hydrogen-bond acceptors (Lipinski definition) is 5. The molecule has 1 aromatic carbocycles. The molecule has 1 amide bonds. The molecule has 30 heavy (non-hydrogen) atoms. The van der Waals surface area contributed by atoms with Crippen molar-refractivity contribution in [2.75, 3.05) is 13.6 Å². The second kappa shape index (κ2) is 9.83. The largest absolute Gasteiger partial charge is 0.353 e. The number of hydrogen-bond donors (Lipinski definition) is 3. The second-order valence-corrected chi connectivity index (χ2v) is 7.60. The van der Waals surface area contributed by atoms with Crippen molar-refractivity contribution in [2.45, 2.75) is 44.1 Å². The normalized spacial score (nSPS) is 21.4. The van der Waals surface area contributed by atoms with Crippen LogP contribution in [0.25, 0.3) is 0 Å².